The van der Waals surface area contributed by atoms with Crippen molar-refractivity contribution in [3.8, 4) is 11.8 Å². The Labute approximate surface area is 180 Å². The average Bonchev–Trinajstić information content (AvgIpc) is 2.77. The van der Waals surface area contributed by atoms with Crippen molar-refractivity contribution >= 4 is 27.4 Å². The third-order valence-electron chi connectivity index (χ3n) is 4.98. The van der Waals surface area contributed by atoms with Gasteiger partial charge in [-0.15, -0.1) is 0 Å². The number of hydrogen-bond acceptors (Lipinski definition) is 8. The number of benzene rings is 2. The number of sulfonamides is 1. The number of ether oxygens (including phenoxy) is 2. The number of carbonyl (C=O) groups excluding carboxylic acids is 1. The summed E-state index contributed by atoms with van der Waals surface area (Å²) in [5, 5.41) is 19.3. The van der Waals surface area contributed by atoms with Gasteiger partial charge in [0.05, 0.1) is 48.9 Å². The molecule has 9 nitrogen and oxygen atoms in total. The van der Waals surface area contributed by atoms with Crippen LogP contribution in [0.4, 0.5) is 11.4 Å². The van der Waals surface area contributed by atoms with Gasteiger partial charge in [-0.3, -0.25) is 4.72 Å². The van der Waals surface area contributed by atoms with Crippen LogP contribution in [0.2, 0.25) is 0 Å². The first-order valence-electron chi connectivity index (χ1n) is 9.55. The predicted octanol–water partition coefficient (Wildman–Crippen LogP) is 2.12. The van der Waals surface area contributed by atoms with E-state index in [0.29, 0.717) is 25.2 Å². The molecule has 1 fully saturated rings. The molecule has 3 rings (SSSR count). The summed E-state index contributed by atoms with van der Waals surface area (Å²) in [6, 6.07) is 10.6. The largest absolute Gasteiger partial charge is 0.495 e. The monoisotopic (exact) mass is 445 g/mol. The number of aliphatic hydroxyl groups is 1. The zero-order valence-corrected chi connectivity index (χ0v) is 18.0. The van der Waals surface area contributed by atoms with Crippen LogP contribution in [-0.4, -0.2) is 52.9 Å². The molecule has 10 heteroatoms. The van der Waals surface area contributed by atoms with E-state index in [2.05, 4.69) is 9.46 Å². The molecule has 2 aromatic rings. The number of carbonyl (C=O) groups is 1. The second-order valence-electron chi connectivity index (χ2n) is 7.05. The molecule has 31 heavy (non-hydrogen) atoms. The minimum atomic E-state index is -4.20. The summed E-state index contributed by atoms with van der Waals surface area (Å²) >= 11 is 0. The fourth-order valence-corrected chi connectivity index (χ4v) is 4.73. The molecule has 1 saturated heterocycles. The molecule has 2 N–H and O–H groups in total. The highest BCUT2D eigenvalue weighted by Gasteiger charge is 2.26. The van der Waals surface area contributed by atoms with Gasteiger partial charge in [0.15, 0.2) is 0 Å². The molecule has 1 heterocycles. The van der Waals surface area contributed by atoms with Crippen LogP contribution in [0, 0.1) is 11.3 Å². The van der Waals surface area contributed by atoms with Crippen molar-refractivity contribution in [1.29, 1.82) is 5.26 Å². The van der Waals surface area contributed by atoms with Crippen LogP contribution in [0.5, 0.6) is 5.75 Å². The lowest BCUT2D eigenvalue weighted by Gasteiger charge is -2.33. The number of nitrogens with one attached hydrogen (secondary N) is 1. The van der Waals surface area contributed by atoms with Crippen LogP contribution in [-0.2, 0) is 14.8 Å². The van der Waals surface area contributed by atoms with Crippen molar-refractivity contribution in [2.75, 3.05) is 36.9 Å². The molecule has 0 spiro atoms. The molecule has 1 aliphatic heterocycles. The van der Waals surface area contributed by atoms with Crippen LogP contribution in [0.15, 0.2) is 41.3 Å². The smallest absolute Gasteiger partial charge is 0.337 e. The number of β-amino-alcohol motifs (C(OH)–C–C–N with tert-alkyl or cyclic N) is 1. The fourth-order valence-electron chi connectivity index (χ4n) is 3.47. The number of nitrogens with zero attached hydrogens (tertiary/aromatic N) is 2. The molecule has 0 aromatic heterocycles. The Kier molecular flexibility index (Phi) is 6.68. The Bertz CT molecular complexity index is 1130. The van der Waals surface area contributed by atoms with Gasteiger partial charge < -0.3 is 19.5 Å². The highest BCUT2D eigenvalue weighted by atomic mass is 32.2. The highest BCUT2D eigenvalue weighted by Crippen LogP contribution is 2.33. The molecule has 0 saturated carbocycles. The van der Waals surface area contributed by atoms with Crippen molar-refractivity contribution < 1.29 is 27.8 Å². The number of hydrogen-bond donors (Lipinski definition) is 2. The zero-order chi connectivity index (χ0) is 22.6. The van der Waals surface area contributed by atoms with Gasteiger partial charge in [0.2, 0.25) is 0 Å². The lowest BCUT2D eigenvalue weighted by molar-refractivity contribution is 0.0600. The van der Waals surface area contributed by atoms with E-state index >= 15 is 0 Å². The summed E-state index contributed by atoms with van der Waals surface area (Å²) < 4.78 is 38.9. The zero-order valence-electron chi connectivity index (χ0n) is 17.2. The quantitative estimate of drug-likeness (QED) is 0.647. The van der Waals surface area contributed by atoms with Crippen molar-refractivity contribution in [3.05, 3.63) is 47.5 Å². The fraction of sp³-hybridized carbons (Fsp3) is 0.333. The van der Waals surface area contributed by atoms with Crippen molar-refractivity contribution in [3.63, 3.8) is 0 Å². The number of piperidine rings is 1. The Morgan fingerprint density at radius 2 is 2.03 bits per heavy atom. The van der Waals surface area contributed by atoms with Crippen molar-refractivity contribution in [2.24, 2.45) is 0 Å². The van der Waals surface area contributed by atoms with Crippen molar-refractivity contribution in [2.45, 2.75) is 23.8 Å². The molecule has 1 atom stereocenters. The van der Waals surface area contributed by atoms with Gasteiger partial charge in [-0.05, 0) is 49.2 Å². The summed E-state index contributed by atoms with van der Waals surface area (Å²) in [6.07, 6.45) is 0.902. The Morgan fingerprint density at radius 1 is 1.26 bits per heavy atom. The maximum Gasteiger partial charge on any atom is 0.337 e. The van der Waals surface area contributed by atoms with E-state index in [-0.39, 0.29) is 27.5 Å². The molecule has 0 amide bonds. The summed E-state index contributed by atoms with van der Waals surface area (Å²) in [6.45, 7) is 0.987. The summed E-state index contributed by atoms with van der Waals surface area (Å²) in [5.74, 6) is -0.639. The molecule has 2 aromatic carbocycles. The molecule has 0 radical (unpaired) electrons. The number of aliphatic hydroxyl groups excluding tert-OH is 1. The number of nitriles is 1. The van der Waals surface area contributed by atoms with Crippen molar-refractivity contribution in [1.82, 2.24) is 0 Å². The lowest BCUT2D eigenvalue weighted by atomic mass is 10.1. The summed E-state index contributed by atoms with van der Waals surface area (Å²) in [7, 11) is -1.68. The van der Waals surface area contributed by atoms with Crippen LogP contribution >= 0.6 is 0 Å². The third-order valence-corrected chi connectivity index (χ3v) is 6.37. The number of rotatable bonds is 6. The maximum atomic E-state index is 13.2. The minimum absolute atomic E-state index is 0.0477. The van der Waals surface area contributed by atoms with Crippen LogP contribution in [0.25, 0.3) is 0 Å². The van der Waals surface area contributed by atoms with E-state index in [1.807, 2.05) is 11.0 Å². The summed E-state index contributed by atoms with van der Waals surface area (Å²) in [4.78, 5) is 13.5. The van der Waals surface area contributed by atoms with Crippen LogP contribution in [0.3, 0.4) is 0 Å². The van der Waals surface area contributed by atoms with E-state index in [9.17, 15) is 23.6 Å². The number of anilines is 2. The molecular formula is C21H23N3O6S. The first-order chi connectivity index (χ1) is 14.8. The lowest BCUT2D eigenvalue weighted by Crippen LogP contribution is -2.38. The molecule has 0 bridgehead atoms. The van der Waals surface area contributed by atoms with Gasteiger partial charge >= 0.3 is 5.97 Å². The Hall–Kier alpha value is -3.29. The SMILES string of the molecule is COC(=O)c1ccc(OC)c(S(=O)(=O)Nc2cc(C#N)ccc2N2CCCC(O)C2)c1. The first-order valence-corrected chi connectivity index (χ1v) is 11.0. The van der Waals surface area contributed by atoms with Gasteiger partial charge in [0.1, 0.15) is 10.6 Å². The number of esters is 1. The van der Waals surface area contributed by atoms with E-state index in [1.54, 1.807) is 12.1 Å². The van der Waals surface area contributed by atoms with Gasteiger partial charge in [-0.1, -0.05) is 0 Å². The van der Waals surface area contributed by atoms with Crippen LogP contribution < -0.4 is 14.4 Å². The van der Waals surface area contributed by atoms with Gasteiger partial charge in [-0.2, -0.15) is 5.26 Å². The second kappa shape index (κ2) is 9.24. The molecule has 1 aliphatic rings. The van der Waals surface area contributed by atoms with Crippen LogP contribution in [0.1, 0.15) is 28.8 Å². The molecular weight excluding hydrogens is 422 g/mol. The average molecular weight is 445 g/mol. The van der Waals surface area contributed by atoms with E-state index in [4.69, 9.17) is 4.74 Å². The van der Waals surface area contributed by atoms with Gasteiger partial charge in [0.25, 0.3) is 10.0 Å². The molecule has 164 valence electrons. The Morgan fingerprint density at radius 3 is 2.68 bits per heavy atom. The third kappa shape index (κ3) is 4.90. The molecule has 1 unspecified atom stereocenters. The predicted molar refractivity (Wildman–Crippen MR) is 114 cm³/mol. The Balaban J connectivity index is 2.05. The van der Waals surface area contributed by atoms with Gasteiger partial charge in [0, 0.05) is 13.1 Å². The highest BCUT2D eigenvalue weighted by molar-refractivity contribution is 7.92. The number of methoxy groups -OCH3 is 2. The topological polar surface area (TPSA) is 129 Å². The van der Waals surface area contributed by atoms with Gasteiger partial charge in [-0.25, -0.2) is 13.2 Å². The first kappa shape index (κ1) is 22.4. The maximum absolute atomic E-state index is 13.2. The van der Waals surface area contributed by atoms with E-state index in [1.165, 1.54) is 38.5 Å². The normalized spacial score (nSPS) is 16.3. The minimum Gasteiger partial charge on any atom is -0.495 e. The van der Waals surface area contributed by atoms with E-state index in [0.717, 1.165) is 6.42 Å². The summed E-state index contributed by atoms with van der Waals surface area (Å²) in [5.41, 5.74) is 1.06. The van der Waals surface area contributed by atoms with E-state index < -0.39 is 22.1 Å². The second-order valence-corrected chi connectivity index (χ2v) is 8.70. The standard InChI is InChI=1S/C21H23N3O6S/c1-29-19-8-6-15(21(26)30-2)11-20(19)31(27,28)23-17-10-14(12-22)5-7-18(17)24-9-3-4-16(25)13-24/h5-8,10-11,16,23,25H,3-4,9,13H2,1-2H3. The molecule has 0 aliphatic carbocycles.